The molecule has 0 radical (unpaired) electrons. The van der Waals surface area contributed by atoms with Gasteiger partial charge in [-0.15, -0.1) is 11.3 Å². The van der Waals surface area contributed by atoms with Gasteiger partial charge in [0.25, 0.3) is 0 Å². The van der Waals surface area contributed by atoms with Gasteiger partial charge >= 0.3 is 0 Å². The van der Waals surface area contributed by atoms with E-state index < -0.39 is 0 Å². The summed E-state index contributed by atoms with van der Waals surface area (Å²) >= 11 is 1.52. The fourth-order valence-corrected chi connectivity index (χ4v) is 3.41. The maximum absolute atomic E-state index is 14.0. The molecule has 4 heteroatoms. The molecule has 108 valence electrons. The smallest absolute Gasteiger partial charge is 0.132 e. The van der Waals surface area contributed by atoms with Crippen molar-refractivity contribution in [3.63, 3.8) is 0 Å². The molecule has 0 fully saturated rings. The van der Waals surface area contributed by atoms with Crippen molar-refractivity contribution in [3.8, 4) is 10.4 Å². The fourth-order valence-electron chi connectivity index (χ4n) is 2.24. The highest BCUT2D eigenvalue weighted by Crippen LogP contribution is 2.35. The summed E-state index contributed by atoms with van der Waals surface area (Å²) in [5.74, 6) is -0.733. The summed E-state index contributed by atoms with van der Waals surface area (Å²) in [6, 6.07) is 6.68. The Bertz CT molecular complexity index is 592. The van der Waals surface area contributed by atoms with Crippen LogP contribution >= 0.6 is 11.3 Å². The highest BCUT2D eigenvalue weighted by atomic mass is 32.1. The predicted molar refractivity (Wildman–Crippen MR) is 81.1 cm³/mol. The molecule has 1 aromatic carbocycles. The number of hydrogen-bond acceptors (Lipinski definition) is 2. The summed E-state index contributed by atoms with van der Waals surface area (Å²) in [4.78, 5) is 1.93. The Labute approximate surface area is 122 Å². The molecule has 2 aromatic rings. The van der Waals surface area contributed by atoms with E-state index in [0.717, 1.165) is 22.6 Å². The molecular formula is C16H19F2NS. The number of nitrogens with one attached hydrogen (secondary N) is 1. The van der Waals surface area contributed by atoms with Crippen LogP contribution in [0, 0.1) is 18.6 Å². The van der Waals surface area contributed by atoms with Crippen molar-refractivity contribution in [2.75, 3.05) is 7.05 Å². The van der Waals surface area contributed by atoms with Crippen molar-refractivity contribution in [3.05, 3.63) is 46.3 Å². The van der Waals surface area contributed by atoms with E-state index >= 15 is 0 Å². The Morgan fingerprint density at radius 3 is 2.60 bits per heavy atom. The molecule has 0 aliphatic carbocycles. The molecule has 0 aliphatic rings. The normalized spacial score (nSPS) is 12.7. The topological polar surface area (TPSA) is 12.0 Å². The van der Waals surface area contributed by atoms with E-state index in [-0.39, 0.29) is 17.7 Å². The monoisotopic (exact) mass is 295 g/mol. The molecule has 1 N–H and O–H groups in total. The largest absolute Gasteiger partial charge is 0.312 e. The molecule has 0 bridgehead atoms. The van der Waals surface area contributed by atoms with Crippen LogP contribution in [0.25, 0.3) is 10.4 Å². The average Bonchev–Trinajstić information content (AvgIpc) is 2.89. The van der Waals surface area contributed by atoms with Gasteiger partial charge < -0.3 is 5.32 Å². The van der Waals surface area contributed by atoms with Crippen LogP contribution in [0.5, 0.6) is 0 Å². The minimum Gasteiger partial charge on any atom is -0.312 e. The van der Waals surface area contributed by atoms with E-state index in [1.807, 2.05) is 19.2 Å². The zero-order valence-electron chi connectivity index (χ0n) is 12.0. The fraction of sp³-hybridized carbons (Fsp3) is 0.375. The molecule has 1 aromatic heterocycles. The van der Waals surface area contributed by atoms with Crippen LogP contribution in [0.3, 0.4) is 0 Å². The number of aryl methyl sites for hydroxylation is 1. The van der Waals surface area contributed by atoms with Crippen molar-refractivity contribution in [2.24, 2.45) is 0 Å². The third kappa shape index (κ3) is 3.07. The minimum absolute atomic E-state index is 0.275. The van der Waals surface area contributed by atoms with Gasteiger partial charge in [-0.2, -0.15) is 0 Å². The second kappa shape index (κ2) is 6.46. The molecule has 0 spiro atoms. The second-order valence-electron chi connectivity index (χ2n) is 4.91. The Kier molecular flexibility index (Phi) is 4.89. The lowest BCUT2D eigenvalue weighted by molar-refractivity contribution is 0.550. The van der Waals surface area contributed by atoms with Crippen molar-refractivity contribution in [2.45, 2.75) is 32.7 Å². The predicted octanol–water partition coefficient (Wildman–Crippen LogP) is 5.06. The molecule has 1 nitrogen and oxygen atoms in total. The number of halogens is 2. The Hall–Kier alpha value is -1.26. The van der Waals surface area contributed by atoms with Crippen molar-refractivity contribution >= 4 is 11.3 Å². The Balaban J connectivity index is 2.35. The first kappa shape index (κ1) is 15.1. The van der Waals surface area contributed by atoms with Crippen molar-refractivity contribution in [1.29, 1.82) is 0 Å². The first-order chi connectivity index (χ1) is 9.56. The maximum Gasteiger partial charge on any atom is 0.132 e. The van der Waals surface area contributed by atoms with E-state index in [1.165, 1.54) is 23.5 Å². The lowest BCUT2D eigenvalue weighted by Crippen LogP contribution is -2.14. The summed E-state index contributed by atoms with van der Waals surface area (Å²) in [6.45, 7) is 3.70. The van der Waals surface area contributed by atoms with E-state index in [2.05, 4.69) is 12.2 Å². The van der Waals surface area contributed by atoms with Crippen LogP contribution in [0.2, 0.25) is 0 Å². The van der Waals surface area contributed by atoms with Crippen molar-refractivity contribution < 1.29 is 8.78 Å². The highest BCUT2D eigenvalue weighted by Gasteiger charge is 2.15. The first-order valence-electron chi connectivity index (χ1n) is 6.79. The van der Waals surface area contributed by atoms with Gasteiger partial charge in [0.15, 0.2) is 0 Å². The molecule has 1 atom stereocenters. The van der Waals surface area contributed by atoms with E-state index in [1.54, 1.807) is 6.92 Å². The quantitative estimate of drug-likeness (QED) is 0.812. The van der Waals surface area contributed by atoms with Gasteiger partial charge in [-0.05, 0) is 50.2 Å². The first-order valence-corrected chi connectivity index (χ1v) is 7.61. The number of hydrogen-bond donors (Lipinski definition) is 1. The summed E-state index contributed by atoms with van der Waals surface area (Å²) in [7, 11) is 1.92. The zero-order chi connectivity index (χ0) is 14.7. The van der Waals surface area contributed by atoms with Gasteiger partial charge in [-0.1, -0.05) is 13.3 Å². The Morgan fingerprint density at radius 1 is 1.20 bits per heavy atom. The standard InChI is InChI=1S/C16H19F2NS/c1-4-5-14(19-3)16-7-6-15(20-16)11-9-12(17)10(2)8-13(11)18/h6-9,14,19H,4-5H2,1-3H3. The van der Waals surface area contributed by atoms with E-state index in [0.29, 0.717) is 11.1 Å². The molecule has 2 rings (SSSR count). The molecule has 0 saturated carbocycles. The lowest BCUT2D eigenvalue weighted by Gasteiger charge is -2.12. The number of thiophene rings is 1. The molecule has 0 amide bonds. The average molecular weight is 295 g/mol. The molecule has 1 heterocycles. The third-order valence-corrected chi connectivity index (χ3v) is 4.64. The summed E-state index contributed by atoms with van der Waals surface area (Å²) in [5.41, 5.74) is 0.679. The van der Waals surface area contributed by atoms with Crippen LogP contribution in [0.1, 0.15) is 36.2 Å². The van der Waals surface area contributed by atoms with Crippen LogP contribution in [-0.2, 0) is 0 Å². The van der Waals surface area contributed by atoms with E-state index in [9.17, 15) is 8.78 Å². The van der Waals surface area contributed by atoms with Crippen LogP contribution in [-0.4, -0.2) is 7.05 Å². The summed E-state index contributed by atoms with van der Waals surface area (Å²) in [6.07, 6.45) is 2.10. The van der Waals surface area contributed by atoms with Gasteiger partial charge in [0.05, 0.1) is 0 Å². The van der Waals surface area contributed by atoms with E-state index in [4.69, 9.17) is 0 Å². The highest BCUT2D eigenvalue weighted by molar-refractivity contribution is 7.15. The van der Waals surface area contributed by atoms with Gasteiger partial charge in [0.1, 0.15) is 11.6 Å². The van der Waals surface area contributed by atoms with Crippen molar-refractivity contribution in [1.82, 2.24) is 5.32 Å². The van der Waals surface area contributed by atoms with Crippen LogP contribution < -0.4 is 5.32 Å². The molecule has 20 heavy (non-hydrogen) atoms. The second-order valence-corrected chi connectivity index (χ2v) is 6.03. The molecule has 1 unspecified atom stereocenters. The number of rotatable bonds is 5. The maximum atomic E-state index is 14.0. The third-order valence-electron chi connectivity index (χ3n) is 3.41. The van der Waals surface area contributed by atoms with Gasteiger partial charge in [-0.25, -0.2) is 8.78 Å². The molecule has 0 saturated heterocycles. The minimum atomic E-state index is -0.367. The zero-order valence-corrected chi connectivity index (χ0v) is 12.8. The lowest BCUT2D eigenvalue weighted by atomic mass is 10.1. The summed E-state index contributed by atoms with van der Waals surface area (Å²) in [5, 5.41) is 3.26. The van der Waals surface area contributed by atoms with Gasteiger partial charge in [0, 0.05) is 21.4 Å². The SMILES string of the molecule is CCCC(NC)c1ccc(-c2cc(F)c(C)cc2F)s1. The van der Waals surface area contributed by atoms with Crippen LogP contribution in [0.4, 0.5) is 8.78 Å². The molecule has 0 aliphatic heterocycles. The Morgan fingerprint density at radius 2 is 1.95 bits per heavy atom. The summed E-state index contributed by atoms with van der Waals surface area (Å²) < 4.78 is 27.6. The number of benzene rings is 1. The molecular weight excluding hydrogens is 276 g/mol. The van der Waals surface area contributed by atoms with Gasteiger partial charge in [-0.3, -0.25) is 0 Å². The van der Waals surface area contributed by atoms with Gasteiger partial charge in [0.2, 0.25) is 0 Å². The van der Waals surface area contributed by atoms with Crippen LogP contribution in [0.15, 0.2) is 24.3 Å².